The number of Topliss-reactive ketones (excluding diaryl/α,β-unsaturated/α-hetero) is 1. The second-order valence-electron chi connectivity index (χ2n) is 23.1. The average Bonchev–Trinajstić information content (AvgIpc) is 4.18. The van der Waals surface area contributed by atoms with Gasteiger partial charge in [0.25, 0.3) is 5.91 Å². The summed E-state index contributed by atoms with van der Waals surface area (Å²) < 4.78 is 17.3. The van der Waals surface area contributed by atoms with E-state index in [1.54, 1.807) is 52.0 Å². The molecule has 3 saturated heterocycles. The highest BCUT2D eigenvalue weighted by Gasteiger charge is 2.46. The Balaban J connectivity index is 1.90. The molecule has 14 atom stereocenters. The van der Waals surface area contributed by atoms with Crippen LogP contribution in [0.5, 0.6) is 5.75 Å². The van der Waals surface area contributed by atoms with E-state index in [1.807, 2.05) is 27.7 Å². The van der Waals surface area contributed by atoms with Crippen LogP contribution >= 0.6 is 0 Å². The molecule has 6 unspecified atom stereocenters. The fraction of sp³-hybridized carbons (Fsp3) is 0.724. The summed E-state index contributed by atoms with van der Waals surface area (Å²) in [4.78, 5) is 149. The zero-order valence-corrected chi connectivity index (χ0v) is 49.5. The Labute approximate surface area is 472 Å². The molecule has 1 aromatic carbocycles. The van der Waals surface area contributed by atoms with Crippen molar-refractivity contribution in [2.75, 3.05) is 34.3 Å². The zero-order chi connectivity index (χ0) is 60.0. The van der Waals surface area contributed by atoms with Gasteiger partial charge in [-0.1, -0.05) is 73.9 Å². The minimum absolute atomic E-state index is 0.0723. The summed E-state index contributed by atoms with van der Waals surface area (Å²) in [5, 5.41) is 30.3. The number of hydrogen-bond acceptors (Lipinski definition) is 15. The first-order valence-electron chi connectivity index (χ1n) is 28.6. The van der Waals surface area contributed by atoms with E-state index in [4.69, 9.17) is 14.2 Å². The van der Waals surface area contributed by atoms with Crippen molar-refractivity contribution < 1.29 is 72.4 Å². The van der Waals surface area contributed by atoms with Crippen LogP contribution in [0.15, 0.2) is 24.3 Å². The monoisotopic (exact) mass is 1130 g/mol. The van der Waals surface area contributed by atoms with E-state index in [2.05, 4.69) is 16.0 Å². The number of amides is 7. The fourth-order valence-corrected chi connectivity index (χ4v) is 10.7. The molecule has 80 heavy (non-hydrogen) atoms. The van der Waals surface area contributed by atoms with Crippen molar-refractivity contribution in [1.82, 2.24) is 35.6 Å². The molecule has 3 aliphatic rings. The quantitative estimate of drug-likeness (QED) is 0.118. The van der Waals surface area contributed by atoms with Crippen LogP contribution in [-0.4, -0.2) is 190 Å². The summed E-state index contributed by atoms with van der Waals surface area (Å²) in [6, 6.07) is -2.18. The van der Waals surface area contributed by atoms with Gasteiger partial charge in [0.2, 0.25) is 35.4 Å². The van der Waals surface area contributed by atoms with Crippen molar-refractivity contribution in [1.29, 1.82) is 0 Å². The number of hydrogen-bond donors (Lipinski definition) is 5. The minimum atomic E-state index is -1.76. The van der Waals surface area contributed by atoms with Crippen LogP contribution < -0.4 is 20.7 Å². The van der Waals surface area contributed by atoms with E-state index >= 15 is 4.79 Å². The molecular formula is C58H91N7O15. The molecule has 0 spiro atoms. The molecule has 0 radical (unpaired) electrons. The maximum atomic E-state index is 15.0. The van der Waals surface area contributed by atoms with Crippen LogP contribution in [-0.2, 0) is 63.8 Å². The number of rotatable bonds is 16. The molecule has 0 bridgehead atoms. The van der Waals surface area contributed by atoms with Gasteiger partial charge in [0, 0.05) is 39.5 Å². The van der Waals surface area contributed by atoms with E-state index in [1.165, 1.54) is 61.6 Å². The average molecular weight is 1130 g/mol. The molecular weight excluding hydrogens is 1030 g/mol. The standard InChI is InChI=1S/C58H91N7O15/c1-15-33(7)47-45(67)30-46(68)80-50(34(8)16-2)49(69)35(9)51(70)59-40(27-31(3)4)55(74)65-26-18-20-42(65)57(76)63(13)44(29-38-21-23-39(78-14)24-22-38)58(77)79-37(11)48(53(72)60-47)61-52(71)43(28-32(5)6)62(12)56(75)41-19-17-25-64(41)54(73)36(10)66/h21-24,31-37,40-45,47-48,50,66-67H,15-20,25-30H2,1-14H3,(H,59,70)(H,60,72)(H,61,71)/t33?,34?,35?,36-,37-,40+,41+,42+,43+,44+,45?,47?,48+,50?/m1/s1. The largest absolute Gasteiger partial charge is 0.497 e. The second kappa shape index (κ2) is 30.1. The number of cyclic esters (lactones) is 2. The highest BCUT2D eigenvalue weighted by Crippen LogP contribution is 2.28. The van der Waals surface area contributed by atoms with Crippen molar-refractivity contribution >= 4 is 59.1 Å². The number of ether oxygens (including phenoxy) is 3. The van der Waals surface area contributed by atoms with Crippen LogP contribution in [0.25, 0.3) is 0 Å². The number of likely N-dealkylation sites (N-methyl/N-ethyl adjacent to an activating group) is 2. The fourth-order valence-electron chi connectivity index (χ4n) is 10.7. The number of fused-ring (bicyclic) bond motifs is 1. The molecule has 0 aromatic heterocycles. The molecule has 5 N–H and O–H groups in total. The lowest BCUT2D eigenvalue weighted by molar-refractivity contribution is -0.163. The van der Waals surface area contributed by atoms with Crippen LogP contribution in [0.1, 0.15) is 140 Å². The summed E-state index contributed by atoms with van der Waals surface area (Å²) in [5.41, 5.74) is 0.572. The Morgan fingerprint density at radius 1 is 0.838 bits per heavy atom. The number of aliphatic hydroxyl groups excluding tert-OH is 2. The lowest BCUT2D eigenvalue weighted by Crippen LogP contribution is -2.62. The van der Waals surface area contributed by atoms with Gasteiger partial charge in [-0.2, -0.15) is 0 Å². The SMILES string of the molecule is CCC(C)C1OC(=O)CC(O)C(C(C)CC)NC(=O)[C@@H](NC(=O)[C@H](CC(C)C)N(C)C(=O)[C@@H]2CCCN2C(=O)[C@@H](C)O)[C@@H](C)OC(=O)[C@H](Cc2ccc(OC)cc2)N(C)C(=O)[C@@H]2CCCN2C(=O)[C@H](CC(C)C)NC(=O)C(C)C1=O. The van der Waals surface area contributed by atoms with Crippen LogP contribution in [0.2, 0.25) is 0 Å². The molecule has 0 aliphatic carbocycles. The van der Waals surface area contributed by atoms with Gasteiger partial charge in [-0.15, -0.1) is 0 Å². The Bertz CT molecular complexity index is 2350. The van der Waals surface area contributed by atoms with Crippen molar-refractivity contribution in [3.05, 3.63) is 29.8 Å². The third kappa shape index (κ3) is 17.0. The second-order valence-corrected chi connectivity index (χ2v) is 23.1. The first kappa shape index (κ1) is 66.4. The molecule has 22 heteroatoms. The molecule has 4 rings (SSSR count). The van der Waals surface area contributed by atoms with Gasteiger partial charge in [0.15, 0.2) is 11.9 Å². The number of likely N-dealkylation sites (tertiary alicyclic amines) is 1. The Morgan fingerprint density at radius 2 is 1.46 bits per heavy atom. The van der Waals surface area contributed by atoms with Gasteiger partial charge >= 0.3 is 11.9 Å². The highest BCUT2D eigenvalue weighted by molar-refractivity contribution is 6.05. The third-order valence-electron chi connectivity index (χ3n) is 16.0. The van der Waals surface area contributed by atoms with Crippen LogP contribution in [0.3, 0.4) is 0 Å². The number of esters is 2. The summed E-state index contributed by atoms with van der Waals surface area (Å²) >= 11 is 0. The van der Waals surface area contributed by atoms with Crippen molar-refractivity contribution in [2.24, 2.45) is 29.6 Å². The Kier molecular flexibility index (Phi) is 24.9. The smallest absolute Gasteiger partial charge is 0.329 e. The molecule has 22 nitrogen and oxygen atoms in total. The van der Waals surface area contributed by atoms with E-state index in [9.17, 15) is 53.4 Å². The van der Waals surface area contributed by atoms with Crippen molar-refractivity contribution in [3.8, 4) is 5.75 Å². The van der Waals surface area contributed by atoms with Crippen molar-refractivity contribution in [3.63, 3.8) is 0 Å². The number of benzene rings is 1. The zero-order valence-electron chi connectivity index (χ0n) is 49.5. The van der Waals surface area contributed by atoms with E-state index in [0.717, 1.165) is 0 Å². The van der Waals surface area contributed by atoms with Gasteiger partial charge in [0.05, 0.1) is 31.6 Å². The minimum Gasteiger partial charge on any atom is -0.497 e. The summed E-state index contributed by atoms with van der Waals surface area (Å²) in [5.74, 6) is -10.2. The number of aliphatic hydroxyl groups is 2. The van der Waals surface area contributed by atoms with Gasteiger partial charge in [-0.3, -0.25) is 43.2 Å². The summed E-state index contributed by atoms with van der Waals surface area (Å²) in [6.07, 6.45) is -4.63. The van der Waals surface area contributed by atoms with Crippen molar-refractivity contribution in [2.45, 2.75) is 207 Å². The normalized spacial score (nSPS) is 27.8. The van der Waals surface area contributed by atoms with Gasteiger partial charge in [-0.05, 0) is 101 Å². The van der Waals surface area contributed by atoms with E-state index in [0.29, 0.717) is 37.0 Å². The predicted molar refractivity (Wildman–Crippen MR) is 295 cm³/mol. The topological polar surface area (TPSA) is 288 Å². The lowest BCUT2D eigenvalue weighted by atomic mass is 9.90. The molecule has 0 saturated carbocycles. The van der Waals surface area contributed by atoms with E-state index in [-0.39, 0.29) is 57.0 Å². The van der Waals surface area contributed by atoms with Gasteiger partial charge in [0.1, 0.15) is 54.2 Å². The number of ketones is 1. The molecule has 3 aliphatic heterocycles. The van der Waals surface area contributed by atoms with Crippen LogP contribution in [0.4, 0.5) is 0 Å². The number of nitrogens with zero attached hydrogens (tertiary/aromatic N) is 4. The number of carbonyl (C=O) groups excluding carboxylic acids is 10. The first-order valence-corrected chi connectivity index (χ1v) is 28.6. The number of nitrogens with one attached hydrogen (secondary N) is 3. The summed E-state index contributed by atoms with van der Waals surface area (Å²) in [6.45, 7) is 18.7. The maximum absolute atomic E-state index is 15.0. The predicted octanol–water partition coefficient (Wildman–Crippen LogP) is 2.71. The maximum Gasteiger partial charge on any atom is 0.329 e. The summed E-state index contributed by atoms with van der Waals surface area (Å²) in [7, 11) is 4.30. The van der Waals surface area contributed by atoms with Crippen LogP contribution in [0, 0.1) is 29.6 Å². The Morgan fingerprint density at radius 3 is 2.04 bits per heavy atom. The van der Waals surface area contributed by atoms with E-state index < -0.39 is 150 Å². The number of methoxy groups -OCH3 is 1. The number of carbonyl (C=O) groups is 10. The molecule has 1 aromatic rings. The molecule has 448 valence electrons. The highest BCUT2D eigenvalue weighted by atomic mass is 16.6. The molecule has 3 heterocycles. The Hall–Kier alpha value is -6.16. The molecule has 3 fully saturated rings. The third-order valence-corrected chi connectivity index (χ3v) is 16.0. The molecule has 7 amide bonds. The first-order chi connectivity index (χ1) is 37.6. The lowest BCUT2D eigenvalue weighted by Gasteiger charge is -2.36. The van der Waals surface area contributed by atoms with Gasteiger partial charge < -0.3 is 60.0 Å². The van der Waals surface area contributed by atoms with Gasteiger partial charge in [-0.25, -0.2) is 4.79 Å².